The number of carbonyl (C=O) groups is 1. The molecule has 7 heteroatoms. The molecule has 1 atom stereocenters. The first-order valence-electron chi connectivity index (χ1n) is 7.53. The summed E-state index contributed by atoms with van der Waals surface area (Å²) in [5.74, 6) is 1.04. The summed E-state index contributed by atoms with van der Waals surface area (Å²) in [6.45, 7) is 0.364. The van der Waals surface area contributed by atoms with E-state index in [0.717, 1.165) is 10.4 Å². The third kappa shape index (κ3) is 5.49. The van der Waals surface area contributed by atoms with Gasteiger partial charge in [-0.05, 0) is 35.9 Å². The molecule has 0 bridgehead atoms. The second-order valence-corrected chi connectivity index (χ2v) is 6.81. The molecular weight excluding hydrogens is 362 g/mol. The Morgan fingerprint density at radius 1 is 1.20 bits per heavy atom. The van der Waals surface area contributed by atoms with Gasteiger partial charge in [0.05, 0.1) is 18.6 Å². The van der Waals surface area contributed by atoms with Crippen molar-refractivity contribution in [2.45, 2.75) is 6.10 Å². The van der Waals surface area contributed by atoms with Crippen molar-refractivity contribution in [2.24, 2.45) is 0 Å². The molecule has 1 N–H and O–H groups in total. The number of ether oxygens (including phenoxy) is 3. The first kappa shape index (κ1) is 19.3. The van der Waals surface area contributed by atoms with E-state index in [1.54, 1.807) is 39.5 Å². The van der Waals surface area contributed by atoms with E-state index < -0.39 is 0 Å². The standard InChI is InChI=1S/C18H20ClNO4S/c1-22-13-6-4-12(10-14(13)23-2)5-9-18(21)20-11-15(24-3)16-7-8-17(19)25-16/h4-10,15H,11H2,1-3H3,(H,20,21). The molecule has 5 nitrogen and oxygen atoms in total. The van der Waals surface area contributed by atoms with E-state index in [0.29, 0.717) is 22.4 Å². The minimum absolute atomic E-state index is 0.209. The fraction of sp³-hybridized carbons (Fsp3) is 0.278. The molecule has 0 fully saturated rings. The topological polar surface area (TPSA) is 56.8 Å². The van der Waals surface area contributed by atoms with Crippen LogP contribution < -0.4 is 14.8 Å². The van der Waals surface area contributed by atoms with Crippen LogP contribution >= 0.6 is 22.9 Å². The number of hydrogen-bond acceptors (Lipinski definition) is 5. The Bertz CT molecular complexity index is 744. The van der Waals surface area contributed by atoms with Gasteiger partial charge in [-0.1, -0.05) is 17.7 Å². The summed E-state index contributed by atoms with van der Waals surface area (Å²) in [6, 6.07) is 9.14. The molecule has 0 spiro atoms. The summed E-state index contributed by atoms with van der Waals surface area (Å²) >= 11 is 7.37. The van der Waals surface area contributed by atoms with Gasteiger partial charge in [0.25, 0.3) is 0 Å². The molecule has 1 aromatic carbocycles. The molecule has 0 aliphatic heterocycles. The normalized spacial score (nSPS) is 12.2. The zero-order valence-corrected chi connectivity index (χ0v) is 15.8. The summed E-state index contributed by atoms with van der Waals surface area (Å²) in [7, 11) is 4.75. The summed E-state index contributed by atoms with van der Waals surface area (Å²) in [5.41, 5.74) is 0.834. The number of nitrogens with one attached hydrogen (secondary N) is 1. The number of rotatable bonds is 8. The third-order valence-corrected chi connectivity index (χ3v) is 4.82. The van der Waals surface area contributed by atoms with Gasteiger partial charge in [-0.15, -0.1) is 11.3 Å². The lowest BCUT2D eigenvalue weighted by atomic mass is 10.2. The van der Waals surface area contributed by atoms with Crippen molar-refractivity contribution in [1.29, 1.82) is 0 Å². The van der Waals surface area contributed by atoms with E-state index in [4.69, 9.17) is 25.8 Å². The summed E-state index contributed by atoms with van der Waals surface area (Å²) in [4.78, 5) is 13.0. The summed E-state index contributed by atoms with van der Waals surface area (Å²) in [6.07, 6.45) is 2.95. The fourth-order valence-electron chi connectivity index (χ4n) is 2.18. The zero-order chi connectivity index (χ0) is 18.2. The fourth-order valence-corrected chi connectivity index (χ4v) is 3.32. The Morgan fingerprint density at radius 2 is 1.96 bits per heavy atom. The van der Waals surface area contributed by atoms with Crippen LogP contribution in [0, 0.1) is 0 Å². The van der Waals surface area contributed by atoms with Crippen molar-refractivity contribution >= 4 is 34.9 Å². The maximum Gasteiger partial charge on any atom is 0.244 e. The van der Waals surface area contributed by atoms with E-state index in [1.165, 1.54) is 17.4 Å². The second-order valence-electron chi connectivity index (χ2n) is 5.06. The van der Waals surface area contributed by atoms with Gasteiger partial charge >= 0.3 is 0 Å². The van der Waals surface area contributed by atoms with Crippen LogP contribution in [0.2, 0.25) is 4.34 Å². The highest BCUT2D eigenvalue weighted by atomic mass is 35.5. The van der Waals surface area contributed by atoms with Gasteiger partial charge in [0, 0.05) is 24.6 Å². The highest BCUT2D eigenvalue weighted by Gasteiger charge is 2.13. The minimum Gasteiger partial charge on any atom is -0.493 e. The quantitative estimate of drug-likeness (QED) is 0.704. The van der Waals surface area contributed by atoms with Crippen molar-refractivity contribution in [3.63, 3.8) is 0 Å². The lowest BCUT2D eigenvalue weighted by Gasteiger charge is -2.13. The number of amides is 1. The number of methoxy groups -OCH3 is 3. The molecular formula is C18H20ClNO4S. The van der Waals surface area contributed by atoms with Crippen LogP contribution in [0.1, 0.15) is 16.5 Å². The van der Waals surface area contributed by atoms with Gasteiger partial charge in [0.2, 0.25) is 5.91 Å². The van der Waals surface area contributed by atoms with Gasteiger partial charge in [0.1, 0.15) is 6.10 Å². The van der Waals surface area contributed by atoms with Crippen LogP contribution in [0.25, 0.3) is 6.08 Å². The Labute approximate surface area is 156 Å². The van der Waals surface area contributed by atoms with Gasteiger partial charge in [-0.25, -0.2) is 0 Å². The molecule has 1 unspecified atom stereocenters. The molecule has 1 amide bonds. The van der Waals surface area contributed by atoms with Crippen LogP contribution in [0.15, 0.2) is 36.4 Å². The van der Waals surface area contributed by atoms with Crippen molar-refractivity contribution in [3.8, 4) is 11.5 Å². The van der Waals surface area contributed by atoms with Gasteiger partial charge in [0.15, 0.2) is 11.5 Å². The Hall–Kier alpha value is -2.02. The lowest BCUT2D eigenvalue weighted by Crippen LogP contribution is -2.27. The Morgan fingerprint density at radius 3 is 2.56 bits per heavy atom. The van der Waals surface area contributed by atoms with E-state index in [2.05, 4.69) is 5.32 Å². The Balaban J connectivity index is 1.94. The third-order valence-electron chi connectivity index (χ3n) is 3.49. The van der Waals surface area contributed by atoms with Crippen molar-refractivity contribution in [1.82, 2.24) is 5.32 Å². The molecule has 2 rings (SSSR count). The molecule has 0 saturated heterocycles. The smallest absolute Gasteiger partial charge is 0.244 e. The molecule has 0 aliphatic rings. The van der Waals surface area contributed by atoms with E-state index in [1.807, 2.05) is 18.2 Å². The number of hydrogen-bond donors (Lipinski definition) is 1. The highest BCUT2D eigenvalue weighted by molar-refractivity contribution is 7.16. The van der Waals surface area contributed by atoms with Crippen molar-refractivity contribution in [2.75, 3.05) is 27.9 Å². The number of halogens is 1. The van der Waals surface area contributed by atoms with E-state index in [-0.39, 0.29) is 12.0 Å². The highest BCUT2D eigenvalue weighted by Crippen LogP contribution is 2.29. The zero-order valence-electron chi connectivity index (χ0n) is 14.2. The SMILES string of the molecule is COc1ccc(C=CC(=O)NCC(OC)c2ccc(Cl)s2)cc1OC. The number of benzene rings is 1. The van der Waals surface area contributed by atoms with Crippen LogP contribution in [0.4, 0.5) is 0 Å². The van der Waals surface area contributed by atoms with Gasteiger partial charge < -0.3 is 19.5 Å². The van der Waals surface area contributed by atoms with Crippen LogP contribution in [-0.2, 0) is 9.53 Å². The molecule has 25 heavy (non-hydrogen) atoms. The average Bonchev–Trinajstić information content (AvgIpc) is 3.06. The molecule has 1 heterocycles. The lowest BCUT2D eigenvalue weighted by molar-refractivity contribution is -0.117. The average molecular weight is 382 g/mol. The van der Waals surface area contributed by atoms with Gasteiger partial charge in [-0.3, -0.25) is 4.79 Å². The molecule has 2 aromatic rings. The summed E-state index contributed by atoms with van der Waals surface area (Å²) < 4.78 is 16.5. The van der Waals surface area contributed by atoms with Crippen LogP contribution in [0.5, 0.6) is 11.5 Å². The maximum absolute atomic E-state index is 12.0. The summed E-state index contributed by atoms with van der Waals surface area (Å²) in [5, 5.41) is 2.82. The van der Waals surface area contributed by atoms with E-state index >= 15 is 0 Å². The number of thiophene rings is 1. The monoisotopic (exact) mass is 381 g/mol. The van der Waals surface area contributed by atoms with Crippen molar-refractivity contribution < 1.29 is 19.0 Å². The maximum atomic E-state index is 12.0. The van der Waals surface area contributed by atoms with Crippen LogP contribution in [-0.4, -0.2) is 33.8 Å². The number of carbonyl (C=O) groups excluding carboxylic acids is 1. The molecule has 0 radical (unpaired) electrons. The molecule has 134 valence electrons. The second kappa shape index (κ2) is 9.46. The predicted octanol–water partition coefficient (Wildman–Crippen LogP) is 3.94. The Kier molecular flexibility index (Phi) is 7.31. The van der Waals surface area contributed by atoms with Crippen molar-refractivity contribution in [3.05, 3.63) is 51.2 Å². The van der Waals surface area contributed by atoms with E-state index in [9.17, 15) is 4.79 Å². The van der Waals surface area contributed by atoms with Gasteiger partial charge in [-0.2, -0.15) is 0 Å². The first-order valence-corrected chi connectivity index (χ1v) is 8.72. The molecule has 1 aromatic heterocycles. The first-order chi connectivity index (χ1) is 12.1. The molecule has 0 aliphatic carbocycles. The molecule has 0 saturated carbocycles. The van der Waals surface area contributed by atoms with Crippen LogP contribution in [0.3, 0.4) is 0 Å². The largest absolute Gasteiger partial charge is 0.493 e. The predicted molar refractivity (Wildman–Crippen MR) is 101 cm³/mol. The minimum atomic E-state index is -0.226.